The lowest BCUT2D eigenvalue weighted by Crippen LogP contribution is -2.30. The maximum atomic E-state index is 11.0. The van der Waals surface area contributed by atoms with E-state index in [0.717, 1.165) is 67.2 Å². The monoisotopic (exact) mass is 494 g/mol. The van der Waals surface area contributed by atoms with Crippen molar-refractivity contribution in [1.29, 1.82) is 0 Å². The molecule has 3 aromatic carbocycles. The predicted octanol–water partition coefficient (Wildman–Crippen LogP) is 5.65. The molecule has 1 fully saturated rings. The number of hydrogen-bond acceptors (Lipinski definition) is 4. The van der Waals surface area contributed by atoms with Crippen molar-refractivity contribution >= 4 is 21.9 Å². The van der Waals surface area contributed by atoms with Gasteiger partial charge in [-0.1, -0.05) is 40.2 Å². The first kappa shape index (κ1) is 22.5. The summed E-state index contributed by atoms with van der Waals surface area (Å²) in [6.07, 6.45) is 1.12. The van der Waals surface area contributed by atoms with E-state index >= 15 is 0 Å². The predicted molar refractivity (Wildman–Crippen MR) is 129 cm³/mol. The fraction of sp³-hybridized carbons (Fsp3) is 0.269. The minimum Gasteiger partial charge on any atom is -0.478 e. The van der Waals surface area contributed by atoms with E-state index in [0.29, 0.717) is 5.56 Å². The fourth-order valence-electron chi connectivity index (χ4n) is 3.91. The number of rotatable bonds is 7. The molecular weight excluding hydrogens is 468 g/mol. The van der Waals surface area contributed by atoms with Gasteiger partial charge in [0.15, 0.2) is 0 Å². The van der Waals surface area contributed by atoms with Crippen LogP contribution in [0.4, 0.5) is 0 Å². The summed E-state index contributed by atoms with van der Waals surface area (Å²) < 4.78 is 6.95. The van der Waals surface area contributed by atoms with E-state index in [2.05, 4.69) is 37.9 Å². The SMILES string of the molecule is O=C(O)c1ccc(CN2CCCN(Cc3ccc(Oc4ccc(Br)cc4)cc3)CC2)cc1. The molecule has 3 aromatic rings. The Balaban J connectivity index is 1.27. The van der Waals surface area contributed by atoms with Crippen LogP contribution in [0.2, 0.25) is 0 Å². The summed E-state index contributed by atoms with van der Waals surface area (Å²) in [4.78, 5) is 16.0. The third-order valence-corrected chi connectivity index (χ3v) is 6.20. The Morgan fingerprint density at radius 1 is 0.750 bits per heavy atom. The highest BCUT2D eigenvalue weighted by Gasteiger charge is 2.15. The van der Waals surface area contributed by atoms with Crippen LogP contribution in [0.1, 0.15) is 27.9 Å². The third-order valence-electron chi connectivity index (χ3n) is 5.67. The fourth-order valence-corrected chi connectivity index (χ4v) is 4.18. The van der Waals surface area contributed by atoms with Crippen molar-refractivity contribution in [1.82, 2.24) is 9.80 Å². The van der Waals surface area contributed by atoms with Gasteiger partial charge in [0.05, 0.1) is 5.56 Å². The molecule has 0 aromatic heterocycles. The van der Waals surface area contributed by atoms with Gasteiger partial charge in [-0.3, -0.25) is 9.80 Å². The van der Waals surface area contributed by atoms with E-state index in [1.165, 1.54) is 5.56 Å². The Morgan fingerprint density at radius 3 is 1.72 bits per heavy atom. The number of halogens is 1. The zero-order valence-corrected chi connectivity index (χ0v) is 19.5. The average Bonchev–Trinajstić information content (AvgIpc) is 3.02. The van der Waals surface area contributed by atoms with Crippen LogP contribution in [0.25, 0.3) is 0 Å². The zero-order valence-electron chi connectivity index (χ0n) is 17.9. The molecule has 4 rings (SSSR count). The standard InChI is InChI=1S/C26H27BrN2O3/c27-23-8-12-25(13-9-23)32-24-10-4-21(5-11-24)19-29-15-1-14-28(16-17-29)18-20-2-6-22(7-3-20)26(30)31/h2-13H,1,14-19H2,(H,30,31). The first-order valence-electron chi connectivity index (χ1n) is 10.8. The largest absolute Gasteiger partial charge is 0.478 e. The lowest BCUT2D eigenvalue weighted by molar-refractivity contribution is 0.0697. The number of ether oxygens (including phenoxy) is 1. The normalized spacial score (nSPS) is 15.3. The maximum Gasteiger partial charge on any atom is 0.335 e. The molecule has 32 heavy (non-hydrogen) atoms. The van der Waals surface area contributed by atoms with Gasteiger partial charge in [0.25, 0.3) is 0 Å². The first-order valence-corrected chi connectivity index (χ1v) is 11.6. The zero-order chi connectivity index (χ0) is 22.3. The van der Waals surface area contributed by atoms with Gasteiger partial charge in [-0.25, -0.2) is 4.79 Å². The Labute approximate surface area is 197 Å². The van der Waals surface area contributed by atoms with Crippen molar-refractivity contribution in [3.05, 3.63) is 94.0 Å². The van der Waals surface area contributed by atoms with Crippen molar-refractivity contribution in [2.24, 2.45) is 0 Å². The van der Waals surface area contributed by atoms with E-state index in [-0.39, 0.29) is 0 Å². The van der Waals surface area contributed by atoms with Gasteiger partial charge in [0.2, 0.25) is 0 Å². The van der Waals surface area contributed by atoms with Gasteiger partial charge in [0.1, 0.15) is 11.5 Å². The minimum atomic E-state index is -0.880. The molecule has 1 heterocycles. The van der Waals surface area contributed by atoms with Crippen LogP contribution in [0.15, 0.2) is 77.3 Å². The topological polar surface area (TPSA) is 53.0 Å². The van der Waals surface area contributed by atoms with Crippen molar-refractivity contribution < 1.29 is 14.6 Å². The molecule has 0 saturated carbocycles. The van der Waals surface area contributed by atoms with E-state index in [1.807, 2.05) is 48.5 Å². The van der Waals surface area contributed by atoms with Crippen molar-refractivity contribution in [2.75, 3.05) is 26.2 Å². The number of carboxylic acid groups (broad SMARTS) is 1. The highest BCUT2D eigenvalue weighted by atomic mass is 79.9. The molecule has 0 unspecified atom stereocenters. The number of carbonyl (C=O) groups is 1. The van der Waals surface area contributed by atoms with Crippen LogP contribution in [-0.2, 0) is 13.1 Å². The summed E-state index contributed by atoms with van der Waals surface area (Å²) in [7, 11) is 0. The molecular formula is C26H27BrN2O3. The number of aromatic carboxylic acids is 1. The van der Waals surface area contributed by atoms with E-state index in [9.17, 15) is 4.79 Å². The summed E-state index contributed by atoms with van der Waals surface area (Å²) in [5.41, 5.74) is 2.78. The molecule has 0 bridgehead atoms. The second-order valence-corrected chi connectivity index (χ2v) is 9.02. The van der Waals surface area contributed by atoms with Gasteiger partial charge >= 0.3 is 5.97 Å². The molecule has 1 saturated heterocycles. The highest BCUT2D eigenvalue weighted by Crippen LogP contribution is 2.24. The minimum absolute atomic E-state index is 0.337. The highest BCUT2D eigenvalue weighted by molar-refractivity contribution is 9.10. The summed E-state index contributed by atoms with van der Waals surface area (Å²) in [5.74, 6) is 0.785. The van der Waals surface area contributed by atoms with Gasteiger partial charge in [-0.2, -0.15) is 0 Å². The van der Waals surface area contributed by atoms with Crippen LogP contribution in [0.3, 0.4) is 0 Å². The molecule has 0 radical (unpaired) electrons. The van der Waals surface area contributed by atoms with Gasteiger partial charge < -0.3 is 9.84 Å². The van der Waals surface area contributed by atoms with Crippen molar-refractivity contribution in [2.45, 2.75) is 19.5 Å². The van der Waals surface area contributed by atoms with Crippen molar-refractivity contribution in [3.8, 4) is 11.5 Å². The molecule has 0 atom stereocenters. The Morgan fingerprint density at radius 2 is 1.22 bits per heavy atom. The summed E-state index contributed by atoms with van der Waals surface area (Å²) >= 11 is 3.44. The van der Waals surface area contributed by atoms with E-state index < -0.39 is 5.97 Å². The Bertz CT molecular complexity index is 1020. The number of hydrogen-bond donors (Lipinski definition) is 1. The molecule has 6 heteroatoms. The summed E-state index contributed by atoms with van der Waals surface area (Å²) in [6.45, 7) is 5.94. The second kappa shape index (κ2) is 10.8. The second-order valence-electron chi connectivity index (χ2n) is 8.11. The van der Waals surface area contributed by atoms with Crippen LogP contribution in [0, 0.1) is 0 Å². The Kier molecular flexibility index (Phi) is 7.58. The summed E-state index contributed by atoms with van der Waals surface area (Å²) in [5, 5.41) is 9.05. The summed E-state index contributed by atoms with van der Waals surface area (Å²) in [6, 6.07) is 23.4. The molecule has 0 amide bonds. The van der Waals surface area contributed by atoms with Crippen LogP contribution >= 0.6 is 15.9 Å². The average molecular weight is 495 g/mol. The molecule has 5 nitrogen and oxygen atoms in total. The van der Waals surface area contributed by atoms with Gasteiger partial charge in [0, 0.05) is 30.7 Å². The molecule has 1 aliphatic heterocycles. The van der Waals surface area contributed by atoms with E-state index in [1.54, 1.807) is 12.1 Å². The number of carboxylic acids is 1. The number of nitrogens with zero attached hydrogens (tertiary/aromatic N) is 2. The molecule has 0 spiro atoms. The van der Waals surface area contributed by atoms with Crippen LogP contribution < -0.4 is 4.74 Å². The Hall–Kier alpha value is -2.67. The van der Waals surface area contributed by atoms with Crippen LogP contribution in [0.5, 0.6) is 11.5 Å². The molecule has 1 aliphatic rings. The smallest absolute Gasteiger partial charge is 0.335 e. The van der Waals surface area contributed by atoms with E-state index in [4.69, 9.17) is 9.84 Å². The lowest BCUT2D eigenvalue weighted by Gasteiger charge is -2.22. The quantitative estimate of drug-likeness (QED) is 0.459. The molecule has 1 N–H and O–H groups in total. The maximum absolute atomic E-state index is 11.0. The first-order chi connectivity index (χ1) is 15.5. The number of benzene rings is 3. The molecule has 166 valence electrons. The third kappa shape index (κ3) is 6.42. The van der Waals surface area contributed by atoms with Crippen LogP contribution in [-0.4, -0.2) is 47.1 Å². The van der Waals surface area contributed by atoms with Gasteiger partial charge in [-0.15, -0.1) is 0 Å². The molecule has 0 aliphatic carbocycles. The van der Waals surface area contributed by atoms with Crippen molar-refractivity contribution in [3.63, 3.8) is 0 Å². The lowest BCUT2D eigenvalue weighted by atomic mass is 10.1. The van der Waals surface area contributed by atoms with Gasteiger partial charge in [-0.05, 0) is 79.2 Å².